The van der Waals surface area contributed by atoms with Crippen molar-refractivity contribution in [2.24, 2.45) is 0 Å². The number of hydrogen-bond donors (Lipinski definition) is 0. The summed E-state index contributed by atoms with van der Waals surface area (Å²) in [5, 5.41) is 5.12. The van der Waals surface area contributed by atoms with Gasteiger partial charge in [0.1, 0.15) is 0 Å². The molecule has 1 aliphatic heterocycles. The first-order valence-electron chi connectivity index (χ1n) is 7.25. The summed E-state index contributed by atoms with van der Waals surface area (Å²) in [5.74, 6) is 0.499. The third-order valence-electron chi connectivity index (χ3n) is 3.88. The Morgan fingerprint density at radius 3 is 2.86 bits per heavy atom. The van der Waals surface area contributed by atoms with E-state index in [4.69, 9.17) is 33.0 Å². The summed E-state index contributed by atoms with van der Waals surface area (Å²) in [6, 6.07) is 7.40. The topological polar surface area (TPSA) is 43.4 Å². The van der Waals surface area contributed by atoms with E-state index in [1.54, 1.807) is 11.8 Å². The van der Waals surface area contributed by atoms with Gasteiger partial charge in [0.05, 0.1) is 12.8 Å². The van der Waals surface area contributed by atoms with Gasteiger partial charge in [0, 0.05) is 30.8 Å². The molecule has 1 aromatic carbocycles. The Hall–Kier alpha value is -1.21. The minimum Gasteiger partial charge on any atom is -0.409 e. The third kappa shape index (κ3) is 3.57. The summed E-state index contributed by atoms with van der Waals surface area (Å²) in [6.45, 7) is 2.58. The Morgan fingerprint density at radius 1 is 1.41 bits per heavy atom. The van der Waals surface area contributed by atoms with Gasteiger partial charge < -0.3 is 9.15 Å². The summed E-state index contributed by atoms with van der Waals surface area (Å²) >= 11 is 11.3. The molecule has 0 unspecified atom stereocenters. The predicted molar refractivity (Wildman–Crippen MR) is 87.4 cm³/mol. The highest BCUT2D eigenvalue weighted by Gasteiger charge is 2.20. The molecule has 1 aliphatic rings. The van der Waals surface area contributed by atoms with Gasteiger partial charge in [0.25, 0.3) is 4.84 Å². The molecule has 3 rings (SSSR count). The standard InChI is InChI=1S/C15H18ClN3O2S/c1-20-13-5-7-18(8-6-13)10-19-15(22)21-14(17-19)11-3-2-4-12(16)9-11/h2-4,9,13H,5-8,10H2,1H3. The molecule has 0 atom stereocenters. The van der Waals surface area contributed by atoms with Gasteiger partial charge in [-0.1, -0.05) is 17.7 Å². The van der Waals surface area contributed by atoms with Crippen LogP contribution in [0.15, 0.2) is 28.7 Å². The lowest BCUT2D eigenvalue weighted by Crippen LogP contribution is -2.37. The first-order valence-corrected chi connectivity index (χ1v) is 8.03. The number of benzene rings is 1. The molecular weight excluding hydrogens is 322 g/mol. The van der Waals surface area contributed by atoms with Gasteiger partial charge in [-0.15, -0.1) is 5.10 Å². The molecule has 0 spiro atoms. The fourth-order valence-corrected chi connectivity index (χ4v) is 2.98. The van der Waals surface area contributed by atoms with Crippen molar-refractivity contribution in [1.82, 2.24) is 14.7 Å². The average molecular weight is 340 g/mol. The average Bonchev–Trinajstić information content (AvgIpc) is 2.89. The molecule has 0 N–H and O–H groups in total. The van der Waals surface area contributed by atoms with E-state index in [0.717, 1.165) is 31.5 Å². The number of halogens is 1. The van der Waals surface area contributed by atoms with Crippen LogP contribution in [0.1, 0.15) is 12.8 Å². The Balaban J connectivity index is 1.72. The summed E-state index contributed by atoms with van der Waals surface area (Å²) in [7, 11) is 1.77. The van der Waals surface area contributed by atoms with Crippen LogP contribution in [0.5, 0.6) is 0 Å². The number of aromatic nitrogens is 2. The smallest absolute Gasteiger partial charge is 0.288 e. The van der Waals surface area contributed by atoms with E-state index in [2.05, 4.69) is 10.00 Å². The minimum absolute atomic E-state index is 0.364. The molecule has 5 nitrogen and oxygen atoms in total. The number of ether oxygens (including phenoxy) is 1. The highest BCUT2D eigenvalue weighted by molar-refractivity contribution is 7.71. The van der Waals surface area contributed by atoms with E-state index >= 15 is 0 Å². The fourth-order valence-electron chi connectivity index (χ4n) is 2.61. The van der Waals surface area contributed by atoms with Crippen LogP contribution in [0.3, 0.4) is 0 Å². The van der Waals surface area contributed by atoms with Crippen molar-refractivity contribution < 1.29 is 9.15 Å². The maximum atomic E-state index is 6.00. The van der Waals surface area contributed by atoms with Crippen molar-refractivity contribution in [3.63, 3.8) is 0 Å². The number of nitrogens with zero attached hydrogens (tertiary/aromatic N) is 3. The van der Waals surface area contributed by atoms with E-state index < -0.39 is 0 Å². The van der Waals surface area contributed by atoms with Gasteiger partial charge in [0.2, 0.25) is 5.89 Å². The molecule has 22 heavy (non-hydrogen) atoms. The second-order valence-electron chi connectivity index (χ2n) is 5.38. The zero-order chi connectivity index (χ0) is 15.5. The van der Waals surface area contributed by atoms with Gasteiger partial charge in [0.15, 0.2) is 0 Å². The summed E-state index contributed by atoms with van der Waals surface area (Å²) < 4.78 is 12.7. The number of rotatable bonds is 4. The normalized spacial score (nSPS) is 17.0. The van der Waals surface area contributed by atoms with Crippen molar-refractivity contribution in [1.29, 1.82) is 0 Å². The molecule has 0 saturated carbocycles. The molecule has 0 aliphatic carbocycles. The van der Waals surface area contributed by atoms with Crippen molar-refractivity contribution in [3.05, 3.63) is 34.1 Å². The van der Waals surface area contributed by atoms with E-state index in [1.165, 1.54) is 0 Å². The van der Waals surface area contributed by atoms with Crippen LogP contribution in [0.25, 0.3) is 11.5 Å². The van der Waals surface area contributed by atoms with Gasteiger partial charge >= 0.3 is 0 Å². The Kier molecular flexibility index (Phi) is 4.93. The van der Waals surface area contributed by atoms with Crippen LogP contribution in [0.2, 0.25) is 5.02 Å². The molecule has 7 heteroatoms. The highest BCUT2D eigenvalue weighted by atomic mass is 35.5. The Morgan fingerprint density at radius 2 is 2.18 bits per heavy atom. The quantitative estimate of drug-likeness (QED) is 0.796. The van der Waals surface area contributed by atoms with Crippen molar-refractivity contribution >= 4 is 23.8 Å². The molecule has 2 aromatic rings. The molecule has 1 fully saturated rings. The zero-order valence-electron chi connectivity index (χ0n) is 12.4. The minimum atomic E-state index is 0.364. The first kappa shape index (κ1) is 15.7. The van der Waals surface area contributed by atoms with Crippen LogP contribution in [-0.4, -0.2) is 41.0 Å². The molecule has 0 radical (unpaired) electrons. The maximum Gasteiger partial charge on any atom is 0.288 e. The summed E-state index contributed by atoms with van der Waals surface area (Å²) in [6.07, 6.45) is 2.43. The molecule has 2 heterocycles. The van der Waals surface area contributed by atoms with Crippen LogP contribution in [-0.2, 0) is 11.4 Å². The molecule has 118 valence electrons. The molecule has 1 saturated heterocycles. The van der Waals surface area contributed by atoms with E-state index in [1.807, 2.05) is 24.3 Å². The van der Waals surface area contributed by atoms with Crippen LogP contribution >= 0.6 is 23.8 Å². The van der Waals surface area contributed by atoms with Gasteiger partial charge in [-0.3, -0.25) is 4.90 Å². The van der Waals surface area contributed by atoms with Gasteiger partial charge in [-0.25, -0.2) is 4.68 Å². The monoisotopic (exact) mass is 339 g/mol. The maximum absolute atomic E-state index is 6.00. The SMILES string of the molecule is COC1CCN(Cn2nc(-c3cccc(Cl)c3)oc2=S)CC1. The molecule has 0 amide bonds. The number of likely N-dealkylation sites (tertiary alicyclic amines) is 1. The molecule has 1 aromatic heterocycles. The second kappa shape index (κ2) is 6.91. The summed E-state index contributed by atoms with van der Waals surface area (Å²) in [4.78, 5) is 2.68. The van der Waals surface area contributed by atoms with Crippen molar-refractivity contribution in [2.75, 3.05) is 20.2 Å². The Labute approximate surface area is 139 Å². The second-order valence-corrected chi connectivity index (χ2v) is 6.16. The number of hydrogen-bond acceptors (Lipinski definition) is 5. The van der Waals surface area contributed by atoms with Gasteiger partial charge in [-0.05, 0) is 43.3 Å². The number of methoxy groups -OCH3 is 1. The lowest BCUT2D eigenvalue weighted by molar-refractivity contribution is 0.0299. The van der Waals surface area contributed by atoms with Gasteiger partial charge in [-0.2, -0.15) is 0 Å². The third-order valence-corrected chi connectivity index (χ3v) is 4.41. The van der Waals surface area contributed by atoms with Crippen molar-refractivity contribution in [3.8, 4) is 11.5 Å². The Bertz CT molecular complexity index is 692. The lowest BCUT2D eigenvalue weighted by Gasteiger charge is -2.30. The molecule has 0 bridgehead atoms. The lowest BCUT2D eigenvalue weighted by atomic mass is 10.1. The zero-order valence-corrected chi connectivity index (χ0v) is 13.9. The van der Waals surface area contributed by atoms with E-state index in [-0.39, 0.29) is 0 Å². The van der Waals surface area contributed by atoms with Crippen LogP contribution < -0.4 is 0 Å². The summed E-state index contributed by atoms with van der Waals surface area (Å²) in [5.41, 5.74) is 0.829. The van der Waals surface area contributed by atoms with Crippen LogP contribution in [0, 0.1) is 4.84 Å². The van der Waals surface area contributed by atoms with E-state index in [9.17, 15) is 0 Å². The highest BCUT2D eigenvalue weighted by Crippen LogP contribution is 2.22. The van der Waals surface area contributed by atoms with E-state index in [0.29, 0.717) is 28.5 Å². The molecular formula is C15H18ClN3O2S. The first-order chi connectivity index (χ1) is 10.7. The largest absolute Gasteiger partial charge is 0.409 e. The fraction of sp³-hybridized carbons (Fsp3) is 0.467. The predicted octanol–water partition coefficient (Wildman–Crippen LogP) is 3.59. The van der Waals surface area contributed by atoms with Crippen LogP contribution in [0.4, 0.5) is 0 Å². The van der Waals surface area contributed by atoms with Crippen molar-refractivity contribution in [2.45, 2.75) is 25.6 Å². The number of piperidine rings is 1.